The molecule has 0 spiro atoms. The van der Waals surface area contributed by atoms with Gasteiger partial charge in [0.1, 0.15) is 0 Å². The second-order valence-corrected chi connectivity index (χ2v) is 4.96. The van der Waals surface area contributed by atoms with Gasteiger partial charge < -0.3 is 4.90 Å². The average molecular weight is 251 g/mol. The molecule has 0 aromatic carbocycles. The van der Waals surface area contributed by atoms with Gasteiger partial charge in [0.2, 0.25) is 0 Å². The fourth-order valence-electron chi connectivity index (χ4n) is 2.02. The van der Waals surface area contributed by atoms with Crippen molar-refractivity contribution >= 4 is 15.9 Å². The molecule has 0 rings (SSSR count). The molecule has 0 fully saturated rings. The van der Waals surface area contributed by atoms with Crippen LogP contribution in [0.4, 0.5) is 0 Å². The molecule has 0 amide bonds. The summed E-state index contributed by atoms with van der Waals surface area (Å²) in [5, 5.41) is 1.15. The zero-order chi connectivity index (χ0) is 10.3. The van der Waals surface area contributed by atoms with Crippen molar-refractivity contribution in [3.05, 3.63) is 0 Å². The Morgan fingerprint density at radius 2 is 1.69 bits per heavy atom. The minimum atomic E-state index is 0.831. The van der Waals surface area contributed by atoms with Crippen molar-refractivity contribution in [1.29, 1.82) is 0 Å². The van der Waals surface area contributed by atoms with Crippen LogP contribution in [-0.4, -0.2) is 24.5 Å². The lowest BCUT2D eigenvalue weighted by molar-refractivity contribution is -0.922. The van der Waals surface area contributed by atoms with Gasteiger partial charge in [-0.25, -0.2) is 0 Å². The van der Waals surface area contributed by atoms with Gasteiger partial charge in [0.25, 0.3) is 0 Å². The van der Waals surface area contributed by atoms with E-state index < -0.39 is 0 Å². The highest BCUT2D eigenvalue weighted by molar-refractivity contribution is 9.09. The maximum Gasteiger partial charge on any atom is 0.0885 e. The molecule has 0 aliphatic rings. The number of nitrogens with one attached hydrogen (secondary N) is 1. The SMILES string of the molecule is CC[NH+](CC)C(CCBr)CC(C)C. The van der Waals surface area contributed by atoms with Crippen LogP contribution in [0.5, 0.6) is 0 Å². The van der Waals surface area contributed by atoms with Crippen molar-refractivity contribution in [3.63, 3.8) is 0 Å². The largest absolute Gasteiger partial charge is 0.333 e. The summed E-state index contributed by atoms with van der Waals surface area (Å²) in [4.78, 5) is 1.76. The number of quaternary nitrogens is 1. The highest BCUT2D eigenvalue weighted by Gasteiger charge is 2.19. The van der Waals surface area contributed by atoms with Crippen LogP contribution in [0.15, 0.2) is 0 Å². The molecule has 1 atom stereocenters. The van der Waals surface area contributed by atoms with E-state index in [-0.39, 0.29) is 0 Å². The molecule has 1 unspecified atom stereocenters. The third kappa shape index (κ3) is 5.69. The summed E-state index contributed by atoms with van der Waals surface area (Å²) in [6, 6.07) is 0.856. The summed E-state index contributed by atoms with van der Waals surface area (Å²) < 4.78 is 0. The van der Waals surface area contributed by atoms with E-state index in [4.69, 9.17) is 0 Å². The van der Waals surface area contributed by atoms with Crippen molar-refractivity contribution < 1.29 is 4.90 Å². The Hall–Kier alpha value is 0.440. The van der Waals surface area contributed by atoms with Crippen LogP contribution < -0.4 is 4.90 Å². The summed E-state index contributed by atoms with van der Waals surface area (Å²) >= 11 is 3.55. The smallest absolute Gasteiger partial charge is 0.0885 e. The molecule has 0 saturated carbocycles. The van der Waals surface area contributed by atoms with Crippen LogP contribution in [0, 0.1) is 5.92 Å². The molecule has 80 valence electrons. The number of alkyl halides is 1. The van der Waals surface area contributed by atoms with Crippen LogP contribution in [0.2, 0.25) is 0 Å². The van der Waals surface area contributed by atoms with Crippen molar-refractivity contribution in [3.8, 4) is 0 Å². The van der Waals surface area contributed by atoms with E-state index in [1.807, 2.05) is 0 Å². The number of halogens is 1. The highest BCUT2D eigenvalue weighted by Crippen LogP contribution is 2.06. The maximum absolute atomic E-state index is 3.55. The third-order valence-corrected chi connectivity index (χ3v) is 3.16. The van der Waals surface area contributed by atoms with E-state index in [0.29, 0.717) is 0 Å². The first kappa shape index (κ1) is 13.4. The summed E-state index contributed by atoms with van der Waals surface area (Å²) in [6.07, 6.45) is 2.68. The van der Waals surface area contributed by atoms with Gasteiger partial charge in [-0.3, -0.25) is 0 Å². The topological polar surface area (TPSA) is 4.44 Å². The Bertz CT molecular complexity index is 111. The van der Waals surface area contributed by atoms with Crippen molar-refractivity contribution in [2.24, 2.45) is 5.92 Å². The van der Waals surface area contributed by atoms with E-state index >= 15 is 0 Å². The number of hydrogen-bond acceptors (Lipinski definition) is 0. The molecule has 0 aliphatic heterocycles. The van der Waals surface area contributed by atoms with Gasteiger partial charge in [0, 0.05) is 18.2 Å². The lowest BCUT2D eigenvalue weighted by Crippen LogP contribution is -3.15. The molecule has 1 nitrogen and oxygen atoms in total. The predicted octanol–water partition coefficient (Wildman–Crippen LogP) is 2.11. The molecule has 0 bridgehead atoms. The molecule has 0 aromatic rings. The summed E-state index contributed by atoms with van der Waals surface area (Å²) in [5.74, 6) is 0.831. The summed E-state index contributed by atoms with van der Waals surface area (Å²) in [5.41, 5.74) is 0. The van der Waals surface area contributed by atoms with Gasteiger partial charge in [-0.1, -0.05) is 29.8 Å². The van der Waals surface area contributed by atoms with Crippen LogP contribution in [-0.2, 0) is 0 Å². The Morgan fingerprint density at radius 1 is 1.15 bits per heavy atom. The summed E-state index contributed by atoms with van der Waals surface area (Å²) in [6.45, 7) is 11.8. The van der Waals surface area contributed by atoms with Crippen LogP contribution in [0.25, 0.3) is 0 Å². The van der Waals surface area contributed by atoms with Gasteiger partial charge in [-0.15, -0.1) is 0 Å². The molecule has 0 aliphatic carbocycles. The van der Waals surface area contributed by atoms with Gasteiger partial charge in [0.15, 0.2) is 0 Å². The molecule has 1 N–H and O–H groups in total. The Balaban J connectivity index is 4.03. The Kier molecular flexibility index (Phi) is 8.07. The van der Waals surface area contributed by atoms with E-state index in [1.54, 1.807) is 4.90 Å². The van der Waals surface area contributed by atoms with Crippen LogP contribution in [0.1, 0.15) is 40.5 Å². The van der Waals surface area contributed by atoms with E-state index in [0.717, 1.165) is 17.3 Å². The molecular formula is C11H25BrN+. The molecular weight excluding hydrogens is 226 g/mol. The number of hydrogen-bond donors (Lipinski definition) is 1. The molecule has 13 heavy (non-hydrogen) atoms. The fourth-order valence-corrected chi connectivity index (χ4v) is 2.57. The molecule has 2 heteroatoms. The van der Waals surface area contributed by atoms with Crippen molar-refractivity contribution in [2.75, 3.05) is 18.4 Å². The standard InChI is InChI=1S/C11H24BrN/c1-5-13(6-2)11(7-8-12)9-10(3)4/h10-11H,5-9H2,1-4H3/p+1. The third-order valence-electron chi connectivity index (χ3n) is 2.70. The van der Waals surface area contributed by atoms with E-state index in [2.05, 4.69) is 43.6 Å². The van der Waals surface area contributed by atoms with Crippen LogP contribution in [0.3, 0.4) is 0 Å². The van der Waals surface area contributed by atoms with Crippen molar-refractivity contribution in [2.45, 2.75) is 46.6 Å². The second-order valence-electron chi connectivity index (χ2n) is 4.17. The minimum Gasteiger partial charge on any atom is -0.333 e. The first-order chi connectivity index (χ1) is 6.15. The molecule has 0 radical (unpaired) electrons. The lowest BCUT2D eigenvalue weighted by Gasteiger charge is -2.27. The molecule has 0 heterocycles. The minimum absolute atomic E-state index is 0.831. The highest BCUT2D eigenvalue weighted by atomic mass is 79.9. The number of rotatable bonds is 7. The predicted molar refractivity (Wildman–Crippen MR) is 63.7 cm³/mol. The van der Waals surface area contributed by atoms with E-state index in [1.165, 1.54) is 25.9 Å². The zero-order valence-electron chi connectivity index (χ0n) is 9.57. The van der Waals surface area contributed by atoms with E-state index in [9.17, 15) is 0 Å². The molecule has 0 saturated heterocycles. The Labute approximate surface area is 92.0 Å². The van der Waals surface area contributed by atoms with Gasteiger partial charge in [0.05, 0.1) is 19.1 Å². The summed E-state index contributed by atoms with van der Waals surface area (Å²) in [7, 11) is 0. The van der Waals surface area contributed by atoms with Crippen molar-refractivity contribution in [1.82, 2.24) is 0 Å². The first-order valence-corrected chi connectivity index (χ1v) is 6.68. The first-order valence-electron chi connectivity index (χ1n) is 5.56. The average Bonchev–Trinajstić information content (AvgIpc) is 2.05. The quantitative estimate of drug-likeness (QED) is 0.661. The zero-order valence-corrected chi connectivity index (χ0v) is 11.2. The Morgan fingerprint density at radius 3 is 2.00 bits per heavy atom. The normalized spacial score (nSPS) is 14.1. The maximum atomic E-state index is 3.55. The van der Waals surface area contributed by atoms with Crippen LogP contribution >= 0.6 is 15.9 Å². The van der Waals surface area contributed by atoms with Gasteiger partial charge >= 0.3 is 0 Å². The van der Waals surface area contributed by atoms with Gasteiger partial charge in [-0.05, 0) is 19.8 Å². The second kappa shape index (κ2) is 7.81. The molecule has 0 aromatic heterocycles. The monoisotopic (exact) mass is 250 g/mol. The lowest BCUT2D eigenvalue weighted by atomic mass is 10.0. The fraction of sp³-hybridized carbons (Fsp3) is 1.00. The van der Waals surface area contributed by atoms with Gasteiger partial charge in [-0.2, -0.15) is 0 Å².